The summed E-state index contributed by atoms with van der Waals surface area (Å²) in [6, 6.07) is 6.66. The molecule has 0 saturated heterocycles. The summed E-state index contributed by atoms with van der Waals surface area (Å²) >= 11 is 0. The SMILES string of the molecule is CN(C)c1cccc2c1CCC2CCN. The Balaban J connectivity index is 2.34. The van der Waals surface area contributed by atoms with Crippen LogP contribution in [0.1, 0.15) is 29.9 Å². The molecule has 0 fully saturated rings. The average molecular weight is 204 g/mol. The van der Waals surface area contributed by atoms with Crippen molar-refractivity contribution in [3.05, 3.63) is 29.3 Å². The monoisotopic (exact) mass is 204 g/mol. The molecule has 0 heterocycles. The number of hydrogen-bond acceptors (Lipinski definition) is 2. The number of benzene rings is 1. The normalized spacial score (nSPS) is 19.0. The Kier molecular flexibility index (Phi) is 2.96. The number of anilines is 1. The Morgan fingerprint density at radius 1 is 1.40 bits per heavy atom. The minimum absolute atomic E-state index is 0.699. The molecule has 0 aromatic heterocycles. The molecule has 0 amide bonds. The van der Waals surface area contributed by atoms with E-state index in [1.54, 1.807) is 5.56 Å². The van der Waals surface area contributed by atoms with Gasteiger partial charge < -0.3 is 10.6 Å². The van der Waals surface area contributed by atoms with Crippen LogP contribution in [0.5, 0.6) is 0 Å². The lowest BCUT2D eigenvalue weighted by Crippen LogP contribution is -2.11. The topological polar surface area (TPSA) is 29.3 Å². The highest BCUT2D eigenvalue weighted by Crippen LogP contribution is 2.39. The van der Waals surface area contributed by atoms with Crippen molar-refractivity contribution in [2.75, 3.05) is 25.5 Å². The van der Waals surface area contributed by atoms with Gasteiger partial charge in [0.2, 0.25) is 0 Å². The van der Waals surface area contributed by atoms with Gasteiger partial charge in [-0.25, -0.2) is 0 Å². The molecule has 0 radical (unpaired) electrons. The summed E-state index contributed by atoms with van der Waals surface area (Å²) in [5.41, 5.74) is 10.1. The zero-order valence-electron chi connectivity index (χ0n) is 9.66. The summed E-state index contributed by atoms with van der Waals surface area (Å²) in [5, 5.41) is 0. The van der Waals surface area contributed by atoms with Crippen LogP contribution in [0.25, 0.3) is 0 Å². The molecule has 1 unspecified atom stereocenters. The van der Waals surface area contributed by atoms with E-state index in [2.05, 4.69) is 37.2 Å². The molecule has 1 aromatic rings. The first-order chi connectivity index (χ1) is 7.24. The summed E-state index contributed by atoms with van der Waals surface area (Å²) in [6.07, 6.45) is 3.62. The standard InChI is InChI=1S/C13H20N2/c1-15(2)13-5-3-4-11-10(8-9-14)6-7-12(11)13/h3-5,10H,6-9,14H2,1-2H3. The van der Waals surface area contributed by atoms with Crippen LogP contribution in [-0.4, -0.2) is 20.6 Å². The maximum absolute atomic E-state index is 5.65. The molecule has 0 saturated carbocycles. The summed E-state index contributed by atoms with van der Waals surface area (Å²) in [4.78, 5) is 2.21. The lowest BCUT2D eigenvalue weighted by molar-refractivity contribution is 0.627. The zero-order chi connectivity index (χ0) is 10.8. The number of nitrogens with zero attached hydrogens (tertiary/aromatic N) is 1. The molecule has 1 aliphatic carbocycles. The van der Waals surface area contributed by atoms with E-state index in [1.807, 2.05) is 0 Å². The van der Waals surface area contributed by atoms with Gasteiger partial charge in [-0.15, -0.1) is 0 Å². The smallest absolute Gasteiger partial charge is 0.0396 e. The second-order valence-corrected chi connectivity index (χ2v) is 4.55. The molecule has 0 bridgehead atoms. The Hall–Kier alpha value is -1.02. The van der Waals surface area contributed by atoms with E-state index in [4.69, 9.17) is 5.73 Å². The average Bonchev–Trinajstić information content (AvgIpc) is 2.62. The highest BCUT2D eigenvalue weighted by molar-refractivity contribution is 5.58. The molecule has 15 heavy (non-hydrogen) atoms. The Bertz CT molecular complexity index is 344. The van der Waals surface area contributed by atoms with Gasteiger partial charge in [-0.3, -0.25) is 0 Å². The lowest BCUT2D eigenvalue weighted by atomic mass is 9.97. The molecule has 2 N–H and O–H groups in total. The minimum atomic E-state index is 0.699. The summed E-state index contributed by atoms with van der Waals surface area (Å²) in [5.74, 6) is 0.699. The Labute approximate surface area is 92.1 Å². The third kappa shape index (κ3) is 1.86. The molecular formula is C13H20N2. The molecule has 0 aliphatic heterocycles. The van der Waals surface area contributed by atoms with Crippen LogP contribution >= 0.6 is 0 Å². The molecule has 2 heteroatoms. The van der Waals surface area contributed by atoms with Crippen molar-refractivity contribution in [3.63, 3.8) is 0 Å². The van der Waals surface area contributed by atoms with Gasteiger partial charge in [0.05, 0.1) is 0 Å². The predicted molar refractivity (Wildman–Crippen MR) is 65.5 cm³/mol. The van der Waals surface area contributed by atoms with E-state index < -0.39 is 0 Å². The van der Waals surface area contributed by atoms with Crippen LogP contribution in [0.15, 0.2) is 18.2 Å². The van der Waals surface area contributed by atoms with Crippen LogP contribution < -0.4 is 10.6 Å². The summed E-state index contributed by atoms with van der Waals surface area (Å²) in [6.45, 7) is 0.802. The maximum Gasteiger partial charge on any atom is 0.0396 e. The number of rotatable bonds is 3. The third-order valence-electron chi connectivity index (χ3n) is 3.37. The van der Waals surface area contributed by atoms with Crippen molar-refractivity contribution in [2.45, 2.75) is 25.2 Å². The fourth-order valence-electron chi connectivity index (χ4n) is 2.64. The van der Waals surface area contributed by atoms with Crippen molar-refractivity contribution < 1.29 is 0 Å². The Morgan fingerprint density at radius 2 is 2.20 bits per heavy atom. The second-order valence-electron chi connectivity index (χ2n) is 4.55. The first-order valence-corrected chi connectivity index (χ1v) is 5.73. The van der Waals surface area contributed by atoms with E-state index in [0.29, 0.717) is 5.92 Å². The van der Waals surface area contributed by atoms with E-state index in [0.717, 1.165) is 13.0 Å². The van der Waals surface area contributed by atoms with Gasteiger partial charge in [-0.1, -0.05) is 12.1 Å². The second kappa shape index (κ2) is 4.23. The van der Waals surface area contributed by atoms with Gasteiger partial charge in [0.15, 0.2) is 0 Å². The molecule has 0 spiro atoms. The fraction of sp³-hybridized carbons (Fsp3) is 0.538. The number of hydrogen-bond donors (Lipinski definition) is 1. The number of fused-ring (bicyclic) bond motifs is 1. The Morgan fingerprint density at radius 3 is 2.87 bits per heavy atom. The lowest BCUT2D eigenvalue weighted by Gasteiger charge is -2.17. The quantitative estimate of drug-likeness (QED) is 0.817. The summed E-state index contributed by atoms with van der Waals surface area (Å²) in [7, 11) is 4.23. The molecule has 1 atom stereocenters. The van der Waals surface area contributed by atoms with Crippen LogP contribution in [0.4, 0.5) is 5.69 Å². The van der Waals surface area contributed by atoms with Gasteiger partial charge in [-0.05, 0) is 48.9 Å². The molecular weight excluding hydrogens is 184 g/mol. The highest BCUT2D eigenvalue weighted by atomic mass is 15.1. The first kappa shape index (κ1) is 10.5. The van der Waals surface area contributed by atoms with Gasteiger partial charge >= 0.3 is 0 Å². The predicted octanol–water partition coefficient (Wildman–Crippen LogP) is 2.13. The van der Waals surface area contributed by atoms with Gasteiger partial charge in [0.25, 0.3) is 0 Å². The van der Waals surface area contributed by atoms with Crippen LogP contribution in [0, 0.1) is 0 Å². The summed E-state index contributed by atoms with van der Waals surface area (Å²) < 4.78 is 0. The third-order valence-corrected chi connectivity index (χ3v) is 3.37. The van der Waals surface area contributed by atoms with Crippen molar-refractivity contribution in [2.24, 2.45) is 5.73 Å². The molecule has 2 nitrogen and oxygen atoms in total. The van der Waals surface area contributed by atoms with Gasteiger partial charge in [0, 0.05) is 19.8 Å². The van der Waals surface area contributed by atoms with Crippen molar-refractivity contribution in [1.29, 1.82) is 0 Å². The van der Waals surface area contributed by atoms with Crippen molar-refractivity contribution in [3.8, 4) is 0 Å². The highest BCUT2D eigenvalue weighted by Gasteiger charge is 2.24. The molecule has 82 valence electrons. The zero-order valence-corrected chi connectivity index (χ0v) is 9.66. The fourth-order valence-corrected chi connectivity index (χ4v) is 2.64. The molecule has 1 aromatic carbocycles. The van der Waals surface area contributed by atoms with Gasteiger partial charge in [-0.2, -0.15) is 0 Å². The first-order valence-electron chi connectivity index (χ1n) is 5.73. The van der Waals surface area contributed by atoms with Gasteiger partial charge in [0.1, 0.15) is 0 Å². The van der Waals surface area contributed by atoms with Crippen LogP contribution in [0.3, 0.4) is 0 Å². The maximum atomic E-state index is 5.65. The van der Waals surface area contributed by atoms with E-state index >= 15 is 0 Å². The van der Waals surface area contributed by atoms with E-state index in [-0.39, 0.29) is 0 Å². The van der Waals surface area contributed by atoms with E-state index in [9.17, 15) is 0 Å². The van der Waals surface area contributed by atoms with E-state index in [1.165, 1.54) is 24.1 Å². The number of nitrogens with two attached hydrogens (primary N) is 1. The van der Waals surface area contributed by atoms with Crippen LogP contribution in [-0.2, 0) is 6.42 Å². The minimum Gasteiger partial charge on any atom is -0.377 e. The van der Waals surface area contributed by atoms with Crippen molar-refractivity contribution >= 4 is 5.69 Å². The largest absolute Gasteiger partial charge is 0.377 e. The molecule has 1 aliphatic rings. The molecule has 2 rings (SSSR count). The van der Waals surface area contributed by atoms with Crippen LogP contribution in [0.2, 0.25) is 0 Å². The van der Waals surface area contributed by atoms with Crippen molar-refractivity contribution in [1.82, 2.24) is 0 Å².